The molecule has 2 aromatic rings. The molecule has 112 valence electrons. The lowest BCUT2D eigenvalue weighted by Gasteiger charge is -2.13. The van der Waals surface area contributed by atoms with Gasteiger partial charge in [-0.3, -0.25) is 14.5 Å². The van der Waals surface area contributed by atoms with E-state index in [1.54, 1.807) is 24.3 Å². The molecule has 22 heavy (non-hydrogen) atoms. The van der Waals surface area contributed by atoms with Gasteiger partial charge in [-0.05, 0) is 18.2 Å². The van der Waals surface area contributed by atoms with E-state index in [9.17, 15) is 14.4 Å². The Balaban J connectivity index is 1.76. The van der Waals surface area contributed by atoms with Gasteiger partial charge in [-0.15, -0.1) is 0 Å². The fourth-order valence-corrected chi connectivity index (χ4v) is 2.48. The summed E-state index contributed by atoms with van der Waals surface area (Å²) in [5.74, 6) is -0.770. The van der Waals surface area contributed by atoms with Gasteiger partial charge in [-0.2, -0.15) is 0 Å². The summed E-state index contributed by atoms with van der Waals surface area (Å²) >= 11 is 0. The van der Waals surface area contributed by atoms with Gasteiger partial charge in [0.1, 0.15) is 11.3 Å². The summed E-state index contributed by atoms with van der Waals surface area (Å²) in [6.45, 7) is 0.143. The number of fused-ring (bicyclic) bond motifs is 1. The number of methoxy groups -OCH3 is 1. The zero-order chi connectivity index (χ0) is 15.7. The number of rotatable bonds is 4. The maximum absolute atomic E-state index is 12.2. The van der Waals surface area contributed by atoms with Crippen LogP contribution in [0.25, 0.3) is 0 Å². The van der Waals surface area contributed by atoms with Crippen LogP contribution in [0.2, 0.25) is 0 Å². The summed E-state index contributed by atoms with van der Waals surface area (Å²) in [4.78, 5) is 37.2. The Morgan fingerprint density at radius 2 is 1.77 bits per heavy atom. The van der Waals surface area contributed by atoms with Crippen LogP contribution in [0.4, 0.5) is 0 Å². The van der Waals surface area contributed by atoms with Crippen LogP contribution < -0.4 is 0 Å². The van der Waals surface area contributed by atoms with Crippen LogP contribution in [0.15, 0.2) is 41.0 Å². The van der Waals surface area contributed by atoms with E-state index < -0.39 is 5.97 Å². The molecular weight excluding hydrogens is 286 g/mol. The second-order valence-electron chi connectivity index (χ2n) is 4.81. The van der Waals surface area contributed by atoms with Gasteiger partial charge < -0.3 is 9.15 Å². The topological polar surface area (TPSA) is 76.8 Å². The van der Waals surface area contributed by atoms with E-state index in [2.05, 4.69) is 4.74 Å². The number of hydrogen-bond donors (Lipinski definition) is 0. The van der Waals surface area contributed by atoms with Crippen LogP contribution in [0, 0.1) is 0 Å². The van der Waals surface area contributed by atoms with E-state index >= 15 is 0 Å². The highest BCUT2D eigenvalue weighted by molar-refractivity contribution is 6.21. The van der Waals surface area contributed by atoms with Crippen molar-refractivity contribution in [2.75, 3.05) is 13.7 Å². The monoisotopic (exact) mass is 299 g/mol. The van der Waals surface area contributed by atoms with E-state index in [4.69, 9.17) is 4.42 Å². The molecule has 0 saturated carbocycles. The highest BCUT2D eigenvalue weighted by Gasteiger charge is 2.35. The molecule has 1 aliphatic heterocycles. The van der Waals surface area contributed by atoms with Crippen molar-refractivity contribution in [2.24, 2.45) is 0 Å². The summed E-state index contributed by atoms with van der Waals surface area (Å²) in [5.41, 5.74) is 1.11. The molecule has 0 spiro atoms. The van der Waals surface area contributed by atoms with Crippen LogP contribution in [0.5, 0.6) is 0 Å². The Labute approximate surface area is 126 Å². The Morgan fingerprint density at radius 1 is 1.14 bits per heavy atom. The zero-order valence-electron chi connectivity index (χ0n) is 11.9. The Hall–Kier alpha value is -2.89. The van der Waals surface area contributed by atoms with E-state index in [0.717, 1.165) is 4.90 Å². The molecule has 3 rings (SSSR count). The minimum atomic E-state index is -0.508. The Morgan fingerprint density at radius 3 is 2.36 bits per heavy atom. The predicted octanol–water partition coefficient (Wildman–Crippen LogP) is 1.90. The van der Waals surface area contributed by atoms with E-state index in [1.165, 1.54) is 19.4 Å². The summed E-state index contributed by atoms with van der Waals surface area (Å²) in [6, 6.07) is 8.19. The van der Waals surface area contributed by atoms with Crippen LogP contribution in [0.3, 0.4) is 0 Å². The van der Waals surface area contributed by atoms with E-state index in [0.29, 0.717) is 22.5 Å². The minimum absolute atomic E-state index is 0.143. The molecular formula is C16H13NO5. The molecule has 1 aromatic carbocycles. The molecule has 0 fully saturated rings. The summed E-state index contributed by atoms with van der Waals surface area (Å²) in [7, 11) is 1.28. The fourth-order valence-electron chi connectivity index (χ4n) is 2.48. The van der Waals surface area contributed by atoms with Crippen LogP contribution in [0.1, 0.15) is 36.8 Å². The van der Waals surface area contributed by atoms with Crippen molar-refractivity contribution in [2.45, 2.75) is 6.42 Å². The number of carbonyl (C=O) groups is 3. The number of amides is 2. The average Bonchev–Trinajstić information content (AvgIpc) is 3.10. The molecule has 1 aromatic heterocycles. The van der Waals surface area contributed by atoms with Crippen molar-refractivity contribution in [3.05, 3.63) is 59.0 Å². The fraction of sp³-hybridized carbons (Fsp3) is 0.188. The number of nitrogens with zero attached hydrogens (tertiary/aromatic N) is 1. The lowest BCUT2D eigenvalue weighted by atomic mass is 10.1. The first-order valence-electron chi connectivity index (χ1n) is 6.73. The Kier molecular flexibility index (Phi) is 3.50. The summed E-state index contributed by atoms with van der Waals surface area (Å²) in [5, 5.41) is 0. The molecule has 0 atom stereocenters. The number of benzene rings is 1. The lowest BCUT2D eigenvalue weighted by Crippen LogP contribution is -2.31. The molecule has 1 aliphatic rings. The molecule has 6 nitrogen and oxygen atoms in total. The third-order valence-corrected chi connectivity index (χ3v) is 3.59. The Bertz CT molecular complexity index is 726. The quantitative estimate of drug-likeness (QED) is 0.636. The van der Waals surface area contributed by atoms with Gasteiger partial charge in [0.05, 0.1) is 24.5 Å². The van der Waals surface area contributed by atoms with Gasteiger partial charge in [0.25, 0.3) is 11.8 Å². The van der Waals surface area contributed by atoms with E-state index in [1.807, 2.05) is 0 Å². The van der Waals surface area contributed by atoms with Crippen molar-refractivity contribution < 1.29 is 23.5 Å². The highest BCUT2D eigenvalue weighted by atomic mass is 16.5. The van der Waals surface area contributed by atoms with Gasteiger partial charge in [-0.1, -0.05) is 12.1 Å². The number of hydrogen-bond acceptors (Lipinski definition) is 5. The average molecular weight is 299 g/mol. The molecule has 6 heteroatoms. The zero-order valence-corrected chi connectivity index (χ0v) is 11.9. The number of ether oxygens (including phenoxy) is 1. The number of imide groups is 1. The normalized spacial score (nSPS) is 13.4. The molecule has 0 unspecified atom stereocenters. The lowest BCUT2D eigenvalue weighted by molar-refractivity contribution is 0.0598. The third kappa shape index (κ3) is 2.18. The maximum Gasteiger partial charge on any atom is 0.341 e. The largest absolute Gasteiger partial charge is 0.468 e. The molecule has 0 N–H and O–H groups in total. The van der Waals surface area contributed by atoms with Crippen LogP contribution in [-0.2, 0) is 11.2 Å². The van der Waals surface area contributed by atoms with Gasteiger partial charge in [0.15, 0.2) is 0 Å². The van der Waals surface area contributed by atoms with E-state index in [-0.39, 0.29) is 24.8 Å². The summed E-state index contributed by atoms with van der Waals surface area (Å²) < 4.78 is 9.90. The SMILES string of the molecule is COC(=O)c1ccoc1CCN1C(=O)c2ccccc2C1=O. The van der Waals surface area contributed by atoms with Crippen LogP contribution >= 0.6 is 0 Å². The van der Waals surface area contributed by atoms with Crippen molar-refractivity contribution in [1.29, 1.82) is 0 Å². The first-order chi connectivity index (χ1) is 10.6. The predicted molar refractivity (Wildman–Crippen MR) is 75.6 cm³/mol. The second-order valence-corrected chi connectivity index (χ2v) is 4.81. The smallest absolute Gasteiger partial charge is 0.341 e. The van der Waals surface area contributed by atoms with Gasteiger partial charge >= 0.3 is 5.97 Å². The number of furan rings is 1. The van der Waals surface area contributed by atoms with Gasteiger partial charge in [-0.25, -0.2) is 4.79 Å². The van der Waals surface area contributed by atoms with Crippen molar-refractivity contribution in [3.8, 4) is 0 Å². The number of carbonyl (C=O) groups excluding carboxylic acids is 3. The van der Waals surface area contributed by atoms with Crippen molar-refractivity contribution in [1.82, 2.24) is 4.90 Å². The molecule has 2 amide bonds. The second kappa shape index (κ2) is 5.48. The molecule has 2 heterocycles. The standard InChI is InChI=1S/C16H13NO5/c1-21-16(20)12-7-9-22-13(12)6-8-17-14(18)10-4-2-3-5-11(10)15(17)19/h2-5,7,9H,6,8H2,1H3. The van der Waals surface area contributed by atoms with Gasteiger partial charge in [0.2, 0.25) is 0 Å². The number of esters is 1. The molecule has 0 aliphatic carbocycles. The van der Waals surface area contributed by atoms with Crippen molar-refractivity contribution >= 4 is 17.8 Å². The molecule has 0 saturated heterocycles. The minimum Gasteiger partial charge on any atom is -0.468 e. The maximum atomic E-state index is 12.2. The first kappa shape index (κ1) is 14.1. The molecule has 0 bridgehead atoms. The van der Waals surface area contributed by atoms with Crippen LogP contribution in [-0.4, -0.2) is 36.3 Å². The third-order valence-electron chi connectivity index (χ3n) is 3.59. The highest BCUT2D eigenvalue weighted by Crippen LogP contribution is 2.23. The first-order valence-corrected chi connectivity index (χ1v) is 6.73. The molecule has 0 radical (unpaired) electrons. The van der Waals surface area contributed by atoms with Gasteiger partial charge in [0, 0.05) is 13.0 Å². The summed E-state index contributed by atoms with van der Waals surface area (Å²) in [6.07, 6.45) is 1.63. The van der Waals surface area contributed by atoms with Crippen molar-refractivity contribution in [3.63, 3.8) is 0 Å².